The first-order valence-electron chi connectivity index (χ1n) is 6.54. The summed E-state index contributed by atoms with van der Waals surface area (Å²) in [5, 5.41) is 3.99. The Morgan fingerprint density at radius 1 is 1.24 bits per heavy atom. The molecule has 0 aliphatic heterocycles. The molecule has 0 unspecified atom stereocenters. The highest BCUT2D eigenvalue weighted by molar-refractivity contribution is 7.99. The number of benzene rings is 1. The van der Waals surface area contributed by atoms with Crippen molar-refractivity contribution < 1.29 is 0 Å². The highest BCUT2D eigenvalue weighted by Gasteiger charge is 2.41. The Hall–Kier alpha value is -0.470. The predicted octanol–water partition coefficient (Wildman–Crippen LogP) is 3.73. The Labute approximate surface area is 109 Å². The van der Waals surface area contributed by atoms with Crippen molar-refractivity contribution in [2.75, 3.05) is 13.6 Å². The van der Waals surface area contributed by atoms with E-state index in [4.69, 9.17) is 0 Å². The molecule has 2 rings (SSSR count). The smallest absolute Gasteiger partial charge is 0.00747 e. The number of hydrogen-bond donors (Lipinski definition) is 1. The van der Waals surface area contributed by atoms with Gasteiger partial charge in [-0.15, -0.1) is 11.8 Å². The maximum absolute atomic E-state index is 3.32. The van der Waals surface area contributed by atoms with E-state index in [1.807, 2.05) is 11.8 Å². The van der Waals surface area contributed by atoms with Gasteiger partial charge in [0.25, 0.3) is 0 Å². The summed E-state index contributed by atoms with van der Waals surface area (Å²) in [5.74, 6) is 0. The SMILES string of the molecule is CNCC1(Cc2ccc(SC(C)C)cc2)CC1. The predicted molar refractivity (Wildman–Crippen MR) is 76.7 cm³/mol. The number of rotatable bonds is 6. The summed E-state index contributed by atoms with van der Waals surface area (Å²) in [6.45, 7) is 5.64. The van der Waals surface area contributed by atoms with Crippen molar-refractivity contribution in [3.05, 3.63) is 29.8 Å². The second-order valence-electron chi connectivity index (χ2n) is 5.52. The highest BCUT2D eigenvalue weighted by Crippen LogP contribution is 2.47. The van der Waals surface area contributed by atoms with Gasteiger partial charge in [-0.2, -0.15) is 0 Å². The van der Waals surface area contributed by atoms with E-state index in [9.17, 15) is 0 Å². The fraction of sp³-hybridized carbons (Fsp3) is 0.600. The van der Waals surface area contributed by atoms with Crippen LogP contribution in [-0.2, 0) is 6.42 Å². The molecule has 0 heterocycles. The van der Waals surface area contributed by atoms with Crippen LogP contribution < -0.4 is 5.32 Å². The van der Waals surface area contributed by atoms with Crippen molar-refractivity contribution in [3.63, 3.8) is 0 Å². The molecule has 1 aromatic rings. The lowest BCUT2D eigenvalue weighted by Crippen LogP contribution is -2.21. The largest absolute Gasteiger partial charge is 0.319 e. The van der Waals surface area contributed by atoms with Crippen LogP contribution in [0, 0.1) is 5.41 Å². The van der Waals surface area contributed by atoms with Crippen LogP contribution >= 0.6 is 11.8 Å². The van der Waals surface area contributed by atoms with E-state index in [0.717, 1.165) is 6.54 Å². The highest BCUT2D eigenvalue weighted by atomic mass is 32.2. The lowest BCUT2D eigenvalue weighted by Gasteiger charge is -2.14. The zero-order valence-corrected chi connectivity index (χ0v) is 11.9. The Morgan fingerprint density at radius 3 is 2.35 bits per heavy atom. The van der Waals surface area contributed by atoms with Gasteiger partial charge in [-0.1, -0.05) is 26.0 Å². The fourth-order valence-corrected chi connectivity index (χ4v) is 3.20. The van der Waals surface area contributed by atoms with E-state index < -0.39 is 0 Å². The molecule has 17 heavy (non-hydrogen) atoms. The molecule has 0 atom stereocenters. The molecule has 1 N–H and O–H groups in total. The first kappa shape index (κ1) is 13.0. The minimum atomic E-state index is 0.571. The molecule has 0 saturated heterocycles. The van der Waals surface area contributed by atoms with Gasteiger partial charge >= 0.3 is 0 Å². The third-order valence-corrected chi connectivity index (χ3v) is 4.40. The van der Waals surface area contributed by atoms with Gasteiger partial charge in [0.05, 0.1) is 0 Å². The number of nitrogens with one attached hydrogen (secondary N) is 1. The second-order valence-corrected chi connectivity index (χ2v) is 7.17. The first-order chi connectivity index (χ1) is 8.13. The molecule has 2 heteroatoms. The van der Waals surface area contributed by atoms with Crippen LogP contribution in [0.1, 0.15) is 32.3 Å². The molecule has 0 aromatic heterocycles. The molecule has 1 aromatic carbocycles. The molecule has 1 saturated carbocycles. The van der Waals surface area contributed by atoms with Crippen molar-refractivity contribution >= 4 is 11.8 Å². The van der Waals surface area contributed by atoms with E-state index in [2.05, 4.69) is 50.5 Å². The third kappa shape index (κ3) is 3.75. The summed E-state index contributed by atoms with van der Waals surface area (Å²) in [7, 11) is 2.06. The van der Waals surface area contributed by atoms with Crippen LogP contribution in [0.2, 0.25) is 0 Å². The van der Waals surface area contributed by atoms with E-state index >= 15 is 0 Å². The van der Waals surface area contributed by atoms with E-state index in [-0.39, 0.29) is 0 Å². The van der Waals surface area contributed by atoms with E-state index in [1.54, 1.807) is 0 Å². The maximum Gasteiger partial charge on any atom is 0.00747 e. The van der Waals surface area contributed by atoms with Crippen LogP contribution in [0.15, 0.2) is 29.2 Å². The van der Waals surface area contributed by atoms with Crippen LogP contribution in [0.5, 0.6) is 0 Å². The fourth-order valence-electron chi connectivity index (χ4n) is 2.36. The number of hydrogen-bond acceptors (Lipinski definition) is 2. The monoisotopic (exact) mass is 249 g/mol. The molecular weight excluding hydrogens is 226 g/mol. The van der Waals surface area contributed by atoms with Crippen LogP contribution in [0.3, 0.4) is 0 Å². The van der Waals surface area contributed by atoms with Crippen molar-refractivity contribution in [2.24, 2.45) is 5.41 Å². The minimum Gasteiger partial charge on any atom is -0.319 e. The summed E-state index contributed by atoms with van der Waals surface area (Å²) >= 11 is 1.94. The lowest BCUT2D eigenvalue weighted by molar-refractivity contribution is 0.478. The van der Waals surface area contributed by atoms with Gasteiger partial charge in [0.1, 0.15) is 0 Å². The Kier molecular flexibility index (Phi) is 4.16. The van der Waals surface area contributed by atoms with E-state index in [0.29, 0.717) is 10.7 Å². The van der Waals surface area contributed by atoms with Gasteiger partial charge in [0.15, 0.2) is 0 Å². The molecule has 1 nitrogen and oxygen atoms in total. The van der Waals surface area contributed by atoms with Crippen molar-refractivity contribution in [2.45, 2.75) is 43.3 Å². The van der Waals surface area contributed by atoms with Gasteiger partial charge in [0, 0.05) is 16.7 Å². The molecule has 0 radical (unpaired) electrons. The zero-order valence-electron chi connectivity index (χ0n) is 11.1. The van der Waals surface area contributed by atoms with Crippen molar-refractivity contribution in [1.29, 1.82) is 0 Å². The maximum atomic E-state index is 3.32. The van der Waals surface area contributed by atoms with Gasteiger partial charge in [-0.05, 0) is 49.4 Å². The lowest BCUT2D eigenvalue weighted by atomic mass is 9.96. The summed E-state index contributed by atoms with van der Waals surface area (Å²) < 4.78 is 0. The second kappa shape index (κ2) is 5.45. The zero-order chi connectivity index (χ0) is 12.3. The molecule has 0 spiro atoms. The summed E-state index contributed by atoms with van der Waals surface area (Å²) in [4.78, 5) is 1.39. The minimum absolute atomic E-state index is 0.571. The molecule has 94 valence electrons. The molecule has 1 aliphatic rings. The van der Waals surface area contributed by atoms with Crippen molar-refractivity contribution in [3.8, 4) is 0 Å². The average Bonchev–Trinajstić information content (AvgIpc) is 3.01. The first-order valence-corrected chi connectivity index (χ1v) is 7.42. The molecule has 0 bridgehead atoms. The standard InChI is InChI=1S/C15H23NS/c1-12(2)17-14-6-4-13(5-7-14)10-15(8-9-15)11-16-3/h4-7,12,16H,8-11H2,1-3H3. The van der Waals surface area contributed by atoms with Gasteiger partial charge in [-0.25, -0.2) is 0 Å². The van der Waals surface area contributed by atoms with Crippen LogP contribution in [0.25, 0.3) is 0 Å². The van der Waals surface area contributed by atoms with Crippen LogP contribution in [0.4, 0.5) is 0 Å². The molecule has 0 amide bonds. The Balaban J connectivity index is 1.94. The topological polar surface area (TPSA) is 12.0 Å². The number of thioether (sulfide) groups is 1. The van der Waals surface area contributed by atoms with Crippen molar-refractivity contribution in [1.82, 2.24) is 5.32 Å². The summed E-state index contributed by atoms with van der Waals surface area (Å²) in [6, 6.07) is 9.16. The van der Waals surface area contributed by atoms with E-state index in [1.165, 1.54) is 29.7 Å². The summed E-state index contributed by atoms with van der Waals surface area (Å²) in [6.07, 6.45) is 4.01. The third-order valence-electron chi connectivity index (χ3n) is 3.38. The summed E-state index contributed by atoms with van der Waals surface area (Å²) in [5.41, 5.74) is 2.06. The average molecular weight is 249 g/mol. The van der Waals surface area contributed by atoms with Crippen LogP contribution in [-0.4, -0.2) is 18.8 Å². The Morgan fingerprint density at radius 2 is 1.88 bits per heavy atom. The van der Waals surface area contributed by atoms with Gasteiger partial charge < -0.3 is 5.32 Å². The molecule has 1 aliphatic carbocycles. The van der Waals surface area contributed by atoms with Gasteiger partial charge in [-0.3, -0.25) is 0 Å². The Bertz CT molecular complexity index is 352. The normalized spacial score (nSPS) is 17.4. The quantitative estimate of drug-likeness (QED) is 0.771. The molecular formula is C15H23NS. The van der Waals surface area contributed by atoms with Gasteiger partial charge in [0.2, 0.25) is 0 Å². The molecule has 1 fully saturated rings.